The van der Waals surface area contributed by atoms with Gasteiger partial charge in [0.25, 0.3) is 0 Å². The number of nitrogens with zero attached hydrogens (tertiary/aromatic N) is 3. The summed E-state index contributed by atoms with van der Waals surface area (Å²) in [6, 6.07) is -0.0803. The summed E-state index contributed by atoms with van der Waals surface area (Å²) in [7, 11) is 1.73. The second kappa shape index (κ2) is 4.63. The number of aliphatic hydroxyl groups is 1. The first-order valence-corrected chi connectivity index (χ1v) is 5.30. The van der Waals surface area contributed by atoms with Gasteiger partial charge in [-0.2, -0.15) is 0 Å². The second-order valence-corrected chi connectivity index (χ2v) is 3.97. The van der Waals surface area contributed by atoms with E-state index < -0.39 is 6.10 Å². The lowest BCUT2D eigenvalue weighted by Crippen LogP contribution is -2.36. The van der Waals surface area contributed by atoms with Crippen molar-refractivity contribution in [2.75, 3.05) is 26.7 Å². The van der Waals surface area contributed by atoms with Gasteiger partial charge in [-0.25, -0.2) is 4.98 Å². The Kier molecular flexibility index (Phi) is 3.21. The monoisotopic (exact) mass is 224 g/mol. The Hall–Kier alpha value is -1.40. The zero-order valence-electron chi connectivity index (χ0n) is 9.21. The standard InChI is InChI=1S/C10H16N4O2/c1-11-4-10(16)14-5-8(9(15)6-14)13-3-2-12-7-13/h2-3,7-9,11,15H,4-6H2,1H3/t8-,9-/m0/s1. The molecule has 2 atom stereocenters. The van der Waals surface area contributed by atoms with Crippen LogP contribution < -0.4 is 5.32 Å². The molecule has 1 fully saturated rings. The van der Waals surface area contributed by atoms with Crippen LogP contribution in [0.4, 0.5) is 0 Å². The summed E-state index contributed by atoms with van der Waals surface area (Å²) < 4.78 is 1.84. The number of likely N-dealkylation sites (tertiary alicyclic amines) is 1. The van der Waals surface area contributed by atoms with E-state index in [1.54, 1.807) is 30.7 Å². The summed E-state index contributed by atoms with van der Waals surface area (Å²) in [6.45, 7) is 1.24. The fourth-order valence-corrected chi connectivity index (χ4v) is 1.99. The zero-order chi connectivity index (χ0) is 11.5. The summed E-state index contributed by atoms with van der Waals surface area (Å²) in [5.41, 5.74) is 0. The lowest BCUT2D eigenvalue weighted by atomic mass is 10.2. The van der Waals surface area contributed by atoms with E-state index in [2.05, 4.69) is 10.3 Å². The zero-order valence-corrected chi connectivity index (χ0v) is 9.21. The van der Waals surface area contributed by atoms with Crippen molar-refractivity contribution in [2.45, 2.75) is 12.1 Å². The van der Waals surface area contributed by atoms with Crippen LogP contribution in [0.2, 0.25) is 0 Å². The smallest absolute Gasteiger partial charge is 0.236 e. The number of amides is 1. The third kappa shape index (κ3) is 2.07. The highest BCUT2D eigenvalue weighted by molar-refractivity contribution is 5.78. The Morgan fingerprint density at radius 2 is 2.44 bits per heavy atom. The molecule has 0 radical (unpaired) electrons. The topological polar surface area (TPSA) is 70.4 Å². The molecular formula is C10H16N4O2. The van der Waals surface area contributed by atoms with Crippen molar-refractivity contribution < 1.29 is 9.90 Å². The average molecular weight is 224 g/mol. The molecule has 0 aromatic carbocycles. The highest BCUT2D eigenvalue weighted by Gasteiger charge is 2.34. The quantitative estimate of drug-likeness (QED) is 0.680. The number of carbonyl (C=O) groups is 1. The summed E-state index contributed by atoms with van der Waals surface area (Å²) in [6.07, 6.45) is 4.63. The normalized spacial score (nSPS) is 25.0. The molecule has 0 aliphatic carbocycles. The van der Waals surface area contributed by atoms with Gasteiger partial charge < -0.3 is 19.9 Å². The third-order valence-corrected chi connectivity index (χ3v) is 2.85. The van der Waals surface area contributed by atoms with Gasteiger partial charge in [0.2, 0.25) is 5.91 Å². The summed E-state index contributed by atoms with van der Waals surface area (Å²) in [5, 5.41) is 12.7. The van der Waals surface area contributed by atoms with Gasteiger partial charge in [0.1, 0.15) is 0 Å². The summed E-state index contributed by atoms with van der Waals surface area (Å²) in [5.74, 6) is 0.0177. The molecule has 0 unspecified atom stereocenters. The number of rotatable bonds is 3. The van der Waals surface area contributed by atoms with Crippen LogP contribution in [0.15, 0.2) is 18.7 Å². The highest BCUT2D eigenvalue weighted by Crippen LogP contribution is 2.21. The molecule has 88 valence electrons. The number of nitrogens with one attached hydrogen (secondary N) is 1. The van der Waals surface area contributed by atoms with Crippen molar-refractivity contribution in [1.82, 2.24) is 19.8 Å². The van der Waals surface area contributed by atoms with E-state index in [0.29, 0.717) is 19.6 Å². The highest BCUT2D eigenvalue weighted by atomic mass is 16.3. The Morgan fingerprint density at radius 1 is 1.62 bits per heavy atom. The molecule has 1 aromatic rings. The van der Waals surface area contributed by atoms with Crippen LogP contribution in [0.25, 0.3) is 0 Å². The van der Waals surface area contributed by atoms with E-state index >= 15 is 0 Å². The minimum Gasteiger partial charge on any atom is -0.389 e. The number of aliphatic hydroxyl groups excluding tert-OH is 1. The van der Waals surface area contributed by atoms with Crippen LogP contribution in [-0.4, -0.2) is 58.3 Å². The van der Waals surface area contributed by atoms with Gasteiger partial charge in [-0.05, 0) is 7.05 Å². The largest absolute Gasteiger partial charge is 0.389 e. The van der Waals surface area contributed by atoms with Crippen LogP contribution >= 0.6 is 0 Å². The predicted octanol–water partition coefficient (Wildman–Crippen LogP) is -1.15. The molecule has 1 saturated heterocycles. The summed E-state index contributed by atoms with van der Waals surface area (Å²) >= 11 is 0. The Bertz CT molecular complexity index is 352. The molecule has 0 spiro atoms. The number of aromatic nitrogens is 2. The maximum atomic E-state index is 11.6. The molecule has 16 heavy (non-hydrogen) atoms. The van der Waals surface area contributed by atoms with E-state index in [1.807, 2.05) is 4.57 Å². The fraction of sp³-hybridized carbons (Fsp3) is 0.600. The van der Waals surface area contributed by atoms with E-state index in [4.69, 9.17) is 0 Å². The number of β-amino-alcohol motifs (C(OH)–C–C–N with tert-alkyl or cyclic N) is 1. The van der Waals surface area contributed by atoms with Crippen molar-refractivity contribution in [2.24, 2.45) is 0 Å². The maximum Gasteiger partial charge on any atom is 0.236 e. The van der Waals surface area contributed by atoms with Gasteiger partial charge in [-0.15, -0.1) is 0 Å². The second-order valence-electron chi connectivity index (χ2n) is 3.97. The molecule has 6 heteroatoms. The minimum absolute atomic E-state index is 0.0177. The number of carbonyl (C=O) groups excluding carboxylic acids is 1. The van der Waals surface area contributed by atoms with Crippen molar-refractivity contribution in [3.63, 3.8) is 0 Å². The Labute approximate surface area is 93.9 Å². The number of hydrogen-bond donors (Lipinski definition) is 2. The molecule has 2 N–H and O–H groups in total. The first-order valence-electron chi connectivity index (χ1n) is 5.30. The third-order valence-electron chi connectivity index (χ3n) is 2.85. The van der Waals surface area contributed by atoms with Crippen LogP contribution in [0.1, 0.15) is 6.04 Å². The van der Waals surface area contributed by atoms with Gasteiger partial charge >= 0.3 is 0 Å². The minimum atomic E-state index is -0.519. The average Bonchev–Trinajstić information content (AvgIpc) is 2.86. The van der Waals surface area contributed by atoms with E-state index in [1.165, 1.54) is 0 Å². The van der Waals surface area contributed by atoms with Crippen molar-refractivity contribution in [3.05, 3.63) is 18.7 Å². The number of likely N-dealkylation sites (N-methyl/N-ethyl adjacent to an activating group) is 1. The first kappa shape index (κ1) is 11.1. The predicted molar refractivity (Wildman–Crippen MR) is 57.8 cm³/mol. The number of imidazole rings is 1. The van der Waals surface area contributed by atoms with Crippen LogP contribution in [0.3, 0.4) is 0 Å². The molecule has 2 heterocycles. The Morgan fingerprint density at radius 3 is 3.06 bits per heavy atom. The molecule has 1 aliphatic heterocycles. The molecule has 1 aromatic heterocycles. The molecular weight excluding hydrogens is 208 g/mol. The van der Waals surface area contributed by atoms with Gasteiger partial charge in [0, 0.05) is 25.5 Å². The Balaban J connectivity index is 2.02. The van der Waals surface area contributed by atoms with Gasteiger partial charge in [-0.3, -0.25) is 4.79 Å². The maximum absolute atomic E-state index is 11.6. The molecule has 0 bridgehead atoms. The molecule has 1 aliphatic rings. The summed E-state index contributed by atoms with van der Waals surface area (Å²) in [4.78, 5) is 17.2. The van der Waals surface area contributed by atoms with Crippen LogP contribution in [0.5, 0.6) is 0 Å². The first-order chi connectivity index (χ1) is 7.72. The molecule has 0 saturated carbocycles. The molecule has 1 amide bonds. The lowest BCUT2D eigenvalue weighted by Gasteiger charge is -2.16. The van der Waals surface area contributed by atoms with Crippen LogP contribution in [-0.2, 0) is 4.79 Å². The SMILES string of the molecule is CNCC(=O)N1C[C@H](O)[C@@H](n2ccnc2)C1. The van der Waals surface area contributed by atoms with Crippen molar-refractivity contribution >= 4 is 5.91 Å². The van der Waals surface area contributed by atoms with Gasteiger partial charge in [-0.1, -0.05) is 0 Å². The van der Waals surface area contributed by atoms with Gasteiger partial charge in [0.15, 0.2) is 0 Å². The van der Waals surface area contributed by atoms with Crippen LogP contribution in [0, 0.1) is 0 Å². The van der Waals surface area contributed by atoms with Crippen molar-refractivity contribution in [1.29, 1.82) is 0 Å². The lowest BCUT2D eigenvalue weighted by molar-refractivity contribution is -0.129. The van der Waals surface area contributed by atoms with Crippen molar-refractivity contribution in [3.8, 4) is 0 Å². The molecule has 6 nitrogen and oxygen atoms in total. The van der Waals surface area contributed by atoms with E-state index in [-0.39, 0.29) is 11.9 Å². The van der Waals surface area contributed by atoms with E-state index in [9.17, 15) is 9.90 Å². The number of hydrogen-bond acceptors (Lipinski definition) is 4. The molecule has 2 rings (SSSR count). The van der Waals surface area contributed by atoms with E-state index in [0.717, 1.165) is 0 Å². The fourth-order valence-electron chi connectivity index (χ4n) is 1.99. The van der Waals surface area contributed by atoms with Gasteiger partial charge in [0.05, 0.1) is 25.0 Å².